The maximum absolute atomic E-state index is 13.0. The zero-order valence-corrected chi connectivity index (χ0v) is 15.9. The van der Waals surface area contributed by atoms with Gasteiger partial charge in [0.05, 0.1) is 28.3 Å². The van der Waals surface area contributed by atoms with Crippen LogP contribution in [0.3, 0.4) is 0 Å². The highest BCUT2D eigenvalue weighted by Crippen LogP contribution is 2.25. The molecule has 0 unspecified atom stereocenters. The molecule has 1 fully saturated rings. The highest BCUT2D eigenvalue weighted by molar-refractivity contribution is 7.89. The van der Waals surface area contributed by atoms with Crippen molar-refractivity contribution in [1.82, 2.24) is 13.9 Å². The lowest BCUT2D eigenvalue weighted by molar-refractivity contribution is -0.149. The average Bonchev–Trinajstić information content (AvgIpc) is 2.66. The molecule has 146 valence electrons. The van der Waals surface area contributed by atoms with E-state index < -0.39 is 33.2 Å². The second kappa shape index (κ2) is 7.28. The molecule has 1 aromatic heterocycles. The number of hydrogen-bond acceptors (Lipinski definition) is 6. The van der Waals surface area contributed by atoms with Crippen LogP contribution in [0.5, 0.6) is 0 Å². The Kier molecular flexibility index (Phi) is 5.20. The first-order valence-corrected chi connectivity index (χ1v) is 10.1. The number of piperidine rings is 1. The fourth-order valence-corrected chi connectivity index (χ4v) is 4.75. The van der Waals surface area contributed by atoms with Gasteiger partial charge in [-0.15, -0.1) is 0 Å². The van der Waals surface area contributed by atoms with Crippen molar-refractivity contribution in [2.24, 2.45) is 13.0 Å². The van der Waals surface area contributed by atoms with Crippen molar-refractivity contribution in [3.8, 4) is 0 Å². The van der Waals surface area contributed by atoms with Gasteiger partial charge in [-0.3, -0.25) is 14.2 Å². The van der Waals surface area contributed by atoms with Crippen LogP contribution in [-0.2, 0) is 26.6 Å². The van der Waals surface area contributed by atoms with Gasteiger partial charge in [-0.2, -0.15) is 4.31 Å². The number of carbonyl (C=O) groups is 1. The van der Waals surface area contributed by atoms with Crippen LogP contribution < -0.4 is 11.2 Å². The second-order valence-corrected chi connectivity index (χ2v) is 8.39. The topological polar surface area (TPSA) is 119 Å². The minimum atomic E-state index is -3.89. The van der Waals surface area contributed by atoms with Gasteiger partial charge in [-0.1, -0.05) is 0 Å². The third-order valence-corrected chi connectivity index (χ3v) is 6.58. The standard InChI is InChI=1S/C17H21N3O6S/c1-3-26-16(22)11-5-4-8-20(10-11)27(24,25)12-6-7-14-13(9-12)15(21)19(2)17(23)18-14/h6-7,9,11H,3-5,8,10H2,1-2H3,(H,18,23)/t11-/m1/s1. The van der Waals surface area contributed by atoms with E-state index in [1.807, 2.05) is 0 Å². The molecule has 0 spiro atoms. The number of sulfonamides is 1. The molecule has 0 bridgehead atoms. The highest BCUT2D eigenvalue weighted by Gasteiger charge is 2.34. The molecule has 1 saturated heterocycles. The van der Waals surface area contributed by atoms with Gasteiger partial charge in [0.1, 0.15) is 0 Å². The molecule has 27 heavy (non-hydrogen) atoms. The molecule has 9 nitrogen and oxygen atoms in total. The van der Waals surface area contributed by atoms with Crippen LogP contribution in [0, 0.1) is 5.92 Å². The Balaban J connectivity index is 1.98. The fraction of sp³-hybridized carbons (Fsp3) is 0.471. The van der Waals surface area contributed by atoms with Gasteiger partial charge in [0.15, 0.2) is 0 Å². The molecule has 1 atom stereocenters. The molecule has 3 rings (SSSR count). The number of aromatic amines is 1. The van der Waals surface area contributed by atoms with Gasteiger partial charge in [0, 0.05) is 20.1 Å². The maximum Gasteiger partial charge on any atom is 0.328 e. The first kappa shape index (κ1) is 19.3. The predicted molar refractivity (Wildman–Crippen MR) is 97.9 cm³/mol. The molecule has 0 saturated carbocycles. The van der Waals surface area contributed by atoms with E-state index in [1.54, 1.807) is 6.92 Å². The lowest BCUT2D eigenvalue weighted by Gasteiger charge is -2.30. The van der Waals surface area contributed by atoms with Gasteiger partial charge in [-0.25, -0.2) is 13.2 Å². The Hall–Kier alpha value is -2.46. The number of carbonyl (C=O) groups excluding carboxylic acids is 1. The lowest BCUT2D eigenvalue weighted by Crippen LogP contribution is -2.42. The Morgan fingerprint density at radius 3 is 2.78 bits per heavy atom. The van der Waals surface area contributed by atoms with E-state index in [2.05, 4.69) is 4.98 Å². The van der Waals surface area contributed by atoms with Gasteiger partial charge < -0.3 is 9.72 Å². The van der Waals surface area contributed by atoms with Crippen LogP contribution in [0.2, 0.25) is 0 Å². The summed E-state index contributed by atoms with van der Waals surface area (Å²) in [6.45, 7) is 2.28. The molecule has 2 aromatic rings. The van der Waals surface area contributed by atoms with Crippen molar-refractivity contribution < 1.29 is 17.9 Å². The van der Waals surface area contributed by atoms with E-state index in [9.17, 15) is 22.8 Å². The molecule has 0 amide bonds. The molecule has 1 aliphatic heterocycles. The molecule has 2 heterocycles. The summed E-state index contributed by atoms with van der Waals surface area (Å²) in [5.74, 6) is -0.902. The Labute approximate surface area is 155 Å². The number of aromatic nitrogens is 2. The average molecular weight is 395 g/mol. The third-order valence-electron chi connectivity index (χ3n) is 4.71. The number of nitrogens with one attached hydrogen (secondary N) is 1. The number of ether oxygens (including phenoxy) is 1. The summed E-state index contributed by atoms with van der Waals surface area (Å²) in [5, 5.41) is 0.108. The quantitative estimate of drug-likeness (QED) is 0.739. The third kappa shape index (κ3) is 3.54. The first-order chi connectivity index (χ1) is 12.8. The van der Waals surface area contributed by atoms with E-state index in [1.165, 1.54) is 29.6 Å². The van der Waals surface area contributed by atoms with Crippen molar-refractivity contribution in [3.63, 3.8) is 0 Å². The zero-order valence-electron chi connectivity index (χ0n) is 15.1. The van der Waals surface area contributed by atoms with Crippen LogP contribution in [0.1, 0.15) is 19.8 Å². The van der Waals surface area contributed by atoms with E-state index in [0.29, 0.717) is 19.4 Å². The number of benzene rings is 1. The Morgan fingerprint density at radius 1 is 1.33 bits per heavy atom. The van der Waals surface area contributed by atoms with Crippen LogP contribution >= 0.6 is 0 Å². The molecule has 10 heteroatoms. The smallest absolute Gasteiger partial charge is 0.328 e. The van der Waals surface area contributed by atoms with Crippen molar-refractivity contribution in [1.29, 1.82) is 0 Å². The summed E-state index contributed by atoms with van der Waals surface area (Å²) >= 11 is 0. The monoisotopic (exact) mass is 395 g/mol. The maximum atomic E-state index is 13.0. The van der Waals surface area contributed by atoms with Crippen LogP contribution in [-0.4, -0.2) is 47.9 Å². The summed E-state index contributed by atoms with van der Waals surface area (Å²) in [5.41, 5.74) is -0.879. The molecule has 1 N–H and O–H groups in total. The lowest BCUT2D eigenvalue weighted by atomic mass is 10.0. The summed E-state index contributed by atoms with van der Waals surface area (Å²) in [6.07, 6.45) is 1.12. The summed E-state index contributed by atoms with van der Waals surface area (Å²) in [6, 6.07) is 4.01. The number of nitrogens with zero attached hydrogens (tertiary/aromatic N) is 2. The highest BCUT2D eigenvalue weighted by atomic mass is 32.2. The number of hydrogen-bond donors (Lipinski definition) is 1. The Morgan fingerprint density at radius 2 is 2.07 bits per heavy atom. The van der Waals surface area contributed by atoms with Gasteiger partial charge in [0.2, 0.25) is 10.0 Å². The van der Waals surface area contributed by atoms with Crippen LogP contribution in [0.4, 0.5) is 0 Å². The van der Waals surface area contributed by atoms with E-state index in [4.69, 9.17) is 4.74 Å². The van der Waals surface area contributed by atoms with E-state index in [-0.39, 0.29) is 29.0 Å². The summed E-state index contributed by atoms with van der Waals surface area (Å²) < 4.78 is 33.2. The fourth-order valence-electron chi connectivity index (χ4n) is 3.20. The molecule has 0 aliphatic carbocycles. The van der Waals surface area contributed by atoms with Crippen molar-refractivity contribution in [2.45, 2.75) is 24.7 Å². The number of rotatable bonds is 4. The van der Waals surface area contributed by atoms with Gasteiger partial charge in [-0.05, 0) is 38.0 Å². The molecular formula is C17H21N3O6S. The van der Waals surface area contributed by atoms with Crippen molar-refractivity contribution in [3.05, 3.63) is 39.0 Å². The molecule has 1 aliphatic rings. The van der Waals surface area contributed by atoms with Gasteiger partial charge >= 0.3 is 11.7 Å². The van der Waals surface area contributed by atoms with Gasteiger partial charge in [0.25, 0.3) is 5.56 Å². The normalized spacial score (nSPS) is 18.5. The van der Waals surface area contributed by atoms with E-state index in [0.717, 1.165) is 4.57 Å². The number of H-pyrrole nitrogens is 1. The molecular weight excluding hydrogens is 374 g/mol. The SMILES string of the molecule is CCOC(=O)[C@@H]1CCCN(S(=O)(=O)c2ccc3[nH]c(=O)n(C)c(=O)c3c2)C1. The summed E-state index contributed by atoms with van der Waals surface area (Å²) in [7, 11) is -2.57. The number of esters is 1. The number of fused-ring (bicyclic) bond motifs is 1. The zero-order chi connectivity index (χ0) is 19.8. The first-order valence-electron chi connectivity index (χ1n) is 8.65. The second-order valence-electron chi connectivity index (χ2n) is 6.46. The largest absolute Gasteiger partial charge is 0.466 e. The predicted octanol–water partition coefficient (Wildman–Crippen LogP) is 0.191. The van der Waals surface area contributed by atoms with E-state index >= 15 is 0 Å². The summed E-state index contributed by atoms with van der Waals surface area (Å²) in [4.78, 5) is 38.4. The Bertz CT molecular complexity index is 1100. The molecule has 1 aromatic carbocycles. The molecule has 0 radical (unpaired) electrons. The van der Waals surface area contributed by atoms with Crippen molar-refractivity contribution >= 4 is 26.9 Å². The minimum Gasteiger partial charge on any atom is -0.466 e. The van der Waals surface area contributed by atoms with Crippen LogP contribution in [0.15, 0.2) is 32.7 Å². The van der Waals surface area contributed by atoms with Crippen molar-refractivity contribution in [2.75, 3.05) is 19.7 Å². The minimum absolute atomic E-state index is 0.0445. The van der Waals surface area contributed by atoms with Crippen LogP contribution in [0.25, 0.3) is 10.9 Å².